The van der Waals surface area contributed by atoms with Crippen LogP contribution in [0.2, 0.25) is 10.0 Å². The third-order valence-corrected chi connectivity index (χ3v) is 3.68. The van der Waals surface area contributed by atoms with Gasteiger partial charge in [-0.3, -0.25) is 0 Å². The summed E-state index contributed by atoms with van der Waals surface area (Å²) >= 11 is 12.2. The van der Waals surface area contributed by atoms with Crippen LogP contribution >= 0.6 is 35.6 Å². The summed E-state index contributed by atoms with van der Waals surface area (Å²) in [6, 6.07) is 9.28. The molecule has 2 rings (SSSR count). The Balaban J connectivity index is 0.00000220. The van der Waals surface area contributed by atoms with Crippen LogP contribution in [-0.4, -0.2) is 6.54 Å². The van der Waals surface area contributed by atoms with E-state index in [1.54, 1.807) is 12.1 Å². The van der Waals surface area contributed by atoms with Gasteiger partial charge >= 0.3 is 0 Å². The lowest BCUT2D eigenvalue weighted by atomic mass is 10.2. The topological polar surface area (TPSA) is 25.2 Å². The van der Waals surface area contributed by atoms with E-state index in [0.29, 0.717) is 10.0 Å². The first kappa shape index (κ1) is 18.4. The van der Waals surface area contributed by atoms with E-state index in [9.17, 15) is 0 Å². The zero-order chi connectivity index (χ0) is 14.4. The molecule has 0 fully saturated rings. The minimum atomic E-state index is 0. The smallest absolute Gasteiger partial charge is 0.135 e. The highest BCUT2D eigenvalue weighted by atomic mass is 35.5. The fraction of sp³-hybridized carbons (Fsp3) is 0.375. The predicted molar refractivity (Wildman–Crippen MR) is 92.6 cm³/mol. The zero-order valence-electron chi connectivity index (χ0n) is 12.0. The van der Waals surface area contributed by atoms with Crippen LogP contribution in [0.15, 0.2) is 34.7 Å². The molecule has 1 aromatic heterocycles. The number of rotatable bonds is 7. The van der Waals surface area contributed by atoms with Crippen molar-refractivity contribution in [1.29, 1.82) is 0 Å². The van der Waals surface area contributed by atoms with Crippen molar-refractivity contribution in [3.63, 3.8) is 0 Å². The summed E-state index contributed by atoms with van der Waals surface area (Å²) in [6.07, 6.45) is 3.69. The van der Waals surface area contributed by atoms with Crippen LogP contribution in [-0.2, 0) is 6.54 Å². The van der Waals surface area contributed by atoms with Crippen molar-refractivity contribution in [2.24, 2.45) is 0 Å². The summed E-state index contributed by atoms with van der Waals surface area (Å²) in [6.45, 7) is 3.96. The number of furan rings is 1. The molecule has 0 spiro atoms. The van der Waals surface area contributed by atoms with Gasteiger partial charge in [0.25, 0.3) is 0 Å². The SMILES string of the molecule is CCCCCNCc1ccc(-c2cc(Cl)ccc2Cl)o1.Cl. The summed E-state index contributed by atoms with van der Waals surface area (Å²) in [5.41, 5.74) is 0.830. The Kier molecular flexibility index (Phi) is 8.20. The zero-order valence-corrected chi connectivity index (χ0v) is 14.3. The van der Waals surface area contributed by atoms with Crippen molar-refractivity contribution in [3.05, 3.63) is 46.1 Å². The Labute approximate surface area is 142 Å². The molecule has 0 radical (unpaired) electrons. The fourth-order valence-electron chi connectivity index (χ4n) is 2.02. The molecular formula is C16H20Cl3NO. The fourth-order valence-corrected chi connectivity index (χ4v) is 2.40. The van der Waals surface area contributed by atoms with E-state index in [2.05, 4.69) is 12.2 Å². The van der Waals surface area contributed by atoms with Crippen molar-refractivity contribution in [1.82, 2.24) is 5.32 Å². The molecule has 2 aromatic rings. The van der Waals surface area contributed by atoms with Gasteiger partial charge in [-0.05, 0) is 43.3 Å². The molecule has 0 saturated heterocycles. The van der Waals surface area contributed by atoms with Crippen LogP contribution in [0.1, 0.15) is 31.9 Å². The number of hydrogen-bond donors (Lipinski definition) is 1. The predicted octanol–water partition coefficient (Wildman–Crippen LogP) is 5.96. The standard InChI is InChI=1S/C16H19Cl2NO.ClH/c1-2-3-4-9-19-11-13-6-8-16(20-13)14-10-12(17)5-7-15(14)18;/h5-8,10,19H,2-4,9,11H2,1H3;1H. The summed E-state index contributed by atoms with van der Waals surface area (Å²) in [5, 5.41) is 4.67. The van der Waals surface area contributed by atoms with E-state index >= 15 is 0 Å². The molecule has 0 bridgehead atoms. The van der Waals surface area contributed by atoms with Gasteiger partial charge < -0.3 is 9.73 Å². The van der Waals surface area contributed by atoms with Crippen molar-refractivity contribution in [3.8, 4) is 11.3 Å². The lowest BCUT2D eigenvalue weighted by Gasteiger charge is -2.03. The van der Waals surface area contributed by atoms with E-state index in [-0.39, 0.29) is 12.4 Å². The molecule has 116 valence electrons. The quantitative estimate of drug-likeness (QED) is 0.625. The van der Waals surface area contributed by atoms with E-state index < -0.39 is 0 Å². The number of benzene rings is 1. The monoisotopic (exact) mass is 347 g/mol. The maximum atomic E-state index is 6.17. The highest BCUT2D eigenvalue weighted by molar-refractivity contribution is 6.35. The molecule has 0 amide bonds. The minimum Gasteiger partial charge on any atom is -0.460 e. The molecule has 2 nitrogen and oxygen atoms in total. The summed E-state index contributed by atoms with van der Waals surface area (Å²) in [4.78, 5) is 0. The van der Waals surface area contributed by atoms with Gasteiger partial charge in [0, 0.05) is 10.6 Å². The van der Waals surface area contributed by atoms with E-state index in [1.807, 2.05) is 18.2 Å². The largest absolute Gasteiger partial charge is 0.460 e. The van der Waals surface area contributed by atoms with Crippen LogP contribution < -0.4 is 5.32 Å². The van der Waals surface area contributed by atoms with Crippen molar-refractivity contribution in [2.75, 3.05) is 6.54 Å². The molecule has 1 heterocycles. The minimum absolute atomic E-state index is 0. The molecule has 0 saturated carbocycles. The lowest BCUT2D eigenvalue weighted by molar-refractivity contribution is 0.488. The average Bonchev–Trinajstić information content (AvgIpc) is 2.90. The molecule has 21 heavy (non-hydrogen) atoms. The first-order chi connectivity index (χ1) is 9.70. The van der Waals surface area contributed by atoms with Crippen LogP contribution in [0.25, 0.3) is 11.3 Å². The second kappa shape index (κ2) is 9.37. The van der Waals surface area contributed by atoms with Gasteiger partial charge in [-0.25, -0.2) is 0 Å². The summed E-state index contributed by atoms with van der Waals surface area (Å²) in [5.74, 6) is 1.66. The second-order valence-electron chi connectivity index (χ2n) is 4.77. The highest BCUT2D eigenvalue weighted by Crippen LogP contribution is 2.31. The highest BCUT2D eigenvalue weighted by Gasteiger charge is 2.09. The molecule has 1 N–H and O–H groups in total. The van der Waals surface area contributed by atoms with Gasteiger partial charge in [0.2, 0.25) is 0 Å². The Morgan fingerprint density at radius 1 is 1.10 bits per heavy atom. The number of halogens is 3. The van der Waals surface area contributed by atoms with Gasteiger partial charge in [-0.1, -0.05) is 43.0 Å². The van der Waals surface area contributed by atoms with Crippen LogP contribution in [0.4, 0.5) is 0 Å². The average molecular weight is 349 g/mol. The van der Waals surface area contributed by atoms with Crippen molar-refractivity contribution >= 4 is 35.6 Å². The molecule has 0 aliphatic rings. The summed E-state index contributed by atoms with van der Waals surface area (Å²) in [7, 11) is 0. The van der Waals surface area contributed by atoms with Crippen LogP contribution in [0.3, 0.4) is 0 Å². The number of hydrogen-bond acceptors (Lipinski definition) is 2. The first-order valence-electron chi connectivity index (χ1n) is 6.95. The van der Waals surface area contributed by atoms with Crippen molar-refractivity contribution < 1.29 is 4.42 Å². The van der Waals surface area contributed by atoms with E-state index in [0.717, 1.165) is 30.2 Å². The summed E-state index contributed by atoms with van der Waals surface area (Å²) < 4.78 is 5.81. The molecular weight excluding hydrogens is 329 g/mol. The first-order valence-corrected chi connectivity index (χ1v) is 7.71. The lowest BCUT2D eigenvalue weighted by Crippen LogP contribution is -2.13. The number of unbranched alkanes of at least 4 members (excludes halogenated alkanes) is 2. The maximum Gasteiger partial charge on any atom is 0.135 e. The van der Waals surface area contributed by atoms with Crippen LogP contribution in [0, 0.1) is 0 Å². The van der Waals surface area contributed by atoms with E-state index in [4.69, 9.17) is 27.6 Å². The Morgan fingerprint density at radius 2 is 1.90 bits per heavy atom. The third-order valence-electron chi connectivity index (χ3n) is 3.11. The Morgan fingerprint density at radius 3 is 2.67 bits per heavy atom. The Bertz CT molecular complexity index is 554. The van der Waals surface area contributed by atoms with Gasteiger partial charge in [0.15, 0.2) is 0 Å². The maximum absolute atomic E-state index is 6.17. The molecule has 0 aliphatic carbocycles. The molecule has 1 aromatic carbocycles. The molecule has 5 heteroatoms. The molecule has 0 aliphatic heterocycles. The van der Waals surface area contributed by atoms with Gasteiger partial charge in [-0.15, -0.1) is 12.4 Å². The van der Waals surface area contributed by atoms with E-state index in [1.165, 1.54) is 19.3 Å². The second-order valence-corrected chi connectivity index (χ2v) is 5.62. The normalized spacial score (nSPS) is 10.4. The van der Waals surface area contributed by atoms with Crippen LogP contribution in [0.5, 0.6) is 0 Å². The molecule has 0 unspecified atom stereocenters. The Hall–Kier alpha value is -0.670. The van der Waals surface area contributed by atoms with Gasteiger partial charge in [0.05, 0.1) is 11.6 Å². The van der Waals surface area contributed by atoms with Gasteiger partial charge in [0.1, 0.15) is 11.5 Å². The van der Waals surface area contributed by atoms with Crippen molar-refractivity contribution in [2.45, 2.75) is 32.7 Å². The molecule has 0 atom stereocenters. The third kappa shape index (κ3) is 5.55. The van der Waals surface area contributed by atoms with Gasteiger partial charge in [-0.2, -0.15) is 0 Å². The number of nitrogens with one attached hydrogen (secondary N) is 1.